The van der Waals surface area contributed by atoms with Crippen molar-refractivity contribution in [3.05, 3.63) is 57.6 Å². The van der Waals surface area contributed by atoms with Crippen molar-refractivity contribution < 1.29 is 14.3 Å². The number of rotatable bonds is 4. The van der Waals surface area contributed by atoms with Crippen LogP contribution in [0.15, 0.2) is 35.3 Å². The molecule has 1 saturated heterocycles. The summed E-state index contributed by atoms with van der Waals surface area (Å²) < 4.78 is 11.4. The van der Waals surface area contributed by atoms with Crippen LogP contribution in [0.1, 0.15) is 40.9 Å². The van der Waals surface area contributed by atoms with Gasteiger partial charge in [-0.25, -0.2) is 4.98 Å². The third kappa shape index (κ3) is 4.03. The Balaban J connectivity index is 1.50. The Kier molecular flexibility index (Phi) is 5.20. The van der Waals surface area contributed by atoms with Crippen LogP contribution in [0.5, 0.6) is 5.88 Å². The van der Waals surface area contributed by atoms with Gasteiger partial charge in [-0.15, -0.1) is 0 Å². The van der Waals surface area contributed by atoms with Crippen molar-refractivity contribution >= 4 is 5.91 Å². The Labute approximate surface area is 157 Å². The van der Waals surface area contributed by atoms with E-state index in [0.29, 0.717) is 25.5 Å². The van der Waals surface area contributed by atoms with Crippen molar-refractivity contribution in [3.63, 3.8) is 0 Å². The molecular formula is C20H23N3O4. The molecule has 0 unspecified atom stereocenters. The summed E-state index contributed by atoms with van der Waals surface area (Å²) in [7, 11) is 0. The molecule has 0 aromatic carbocycles. The minimum atomic E-state index is -0.394. The SMILES string of the molecule is O=C(N[C@@H]1COCC[C@H]1Oc1ccccn1)c1cc2c([nH]c1=O)CCCC2. The molecule has 3 heterocycles. The molecular weight excluding hydrogens is 346 g/mol. The number of H-pyrrole nitrogens is 1. The average Bonchev–Trinajstić information content (AvgIpc) is 2.69. The maximum absolute atomic E-state index is 12.8. The highest BCUT2D eigenvalue weighted by molar-refractivity contribution is 5.94. The zero-order valence-electron chi connectivity index (χ0n) is 15.1. The number of hydrogen-bond acceptors (Lipinski definition) is 5. The molecule has 1 aliphatic heterocycles. The maximum atomic E-state index is 12.8. The molecule has 2 aliphatic rings. The van der Waals surface area contributed by atoms with E-state index in [9.17, 15) is 9.59 Å². The molecule has 142 valence electrons. The van der Waals surface area contributed by atoms with Crippen LogP contribution in [0.4, 0.5) is 0 Å². The van der Waals surface area contributed by atoms with Crippen molar-refractivity contribution in [1.29, 1.82) is 0 Å². The lowest BCUT2D eigenvalue weighted by molar-refractivity contribution is -0.00450. The summed E-state index contributed by atoms with van der Waals surface area (Å²) in [6.45, 7) is 0.898. The summed E-state index contributed by atoms with van der Waals surface area (Å²) in [5, 5.41) is 2.92. The van der Waals surface area contributed by atoms with E-state index < -0.39 is 5.91 Å². The molecule has 4 rings (SSSR count). The van der Waals surface area contributed by atoms with Gasteiger partial charge in [-0.3, -0.25) is 9.59 Å². The summed E-state index contributed by atoms with van der Waals surface area (Å²) in [6, 6.07) is 6.84. The minimum absolute atomic E-state index is 0.151. The van der Waals surface area contributed by atoms with Gasteiger partial charge in [-0.05, 0) is 43.4 Å². The molecule has 2 aromatic heterocycles. The number of fused-ring (bicyclic) bond motifs is 1. The largest absolute Gasteiger partial charge is 0.472 e. The summed E-state index contributed by atoms with van der Waals surface area (Å²) in [4.78, 5) is 32.2. The predicted octanol–water partition coefficient (Wildman–Crippen LogP) is 1.61. The number of hydrogen-bond donors (Lipinski definition) is 2. The van der Waals surface area contributed by atoms with Gasteiger partial charge in [-0.1, -0.05) is 6.07 Å². The van der Waals surface area contributed by atoms with Crippen LogP contribution in [0, 0.1) is 0 Å². The van der Waals surface area contributed by atoms with Crippen LogP contribution in [-0.2, 0) is 17.6 Å². The lowest BCUT2D eigenvalue weighted by Crippen LogP contribution is -2.52. The second-order valence-electron chi connectivity index (χ2n) is 6.99. The van der Waals surface area contributed by atoms with E-state index in [-0.39, 0.29) is 23.3 Å². The molecule has 1 amide bonds. The second-order valence-corrected chi connectivity index (χ2v) is 6.99. The van der Waals surface area contributed by atoms with Gasteiger partial charge in [0.25, 0.3) is 11.5 Å². The van der Waals surface area contributed by atoms with Gasteiger partial charge in [0.15, 0.2) is 0 Å². The van der Waals surface area contributed by atoms with Gasteiger partial charge >= 0.3 is 0 Å². The van der Waals surface area contributed by atoms with E-state index in [2.05, 4.69) is 15.3 Å². The Morgan fingerprint density at radius 2 is 2.19 bits per heavy atom. The Bertz CT molecular complexity index is 865. The summed E-state index contributed by atoms with van der Waals surface area (Å²) in [5.41, 5.74) is 1.83. The van der Waals surface area contributed by atoms with Crippen LogP contribution < -0.4 is 15.6 Å². The van der Waals surface area contributed by atoms with E-state index in [4.69, 9.17) is 9.47 Å². The Hall–Kier alpha value is -2.67. The fourth-order valence-corrected chi connectivity index (χ4v) is 3.66. The molecule has 2 aromatic rings. The normalized spacial score (nSPS) is 21.9. The first-order valence-corrected chi connectivity index (χ1v) is 9.42. The topological polar surface area (TPSA) is 93.3 Å². The Morgan fingerprint density at radius 3 is 3.04 bits per heavy atom. The number of carbonyl (C=O) groups is 1. The summed E-state index contributed by atoms with van der Waals surface area (Å²) in [6.07, 6.45) is 5.95. The molecule has 0 spiro atoms. The maximum Gasteiger partial charge on any atom is 0.261 e. The zero-order chi connectivity index (χ0) is 18.6. The molecule has 27 heavy (non-hydrogen) atoms. The number of aromatic nitrogens is 2. The van der Waals surface area contributed by atoms with Crippen LogP contribution >= 0.6 is 0 Å². The predicted molar refractivity (Wildman–Crippen MR) is 99.0 cm³/mol. The van der Waals surface area contributed by atoms with E-state index in [1.807, 2.05) is 12.1 Å². The number of aryl methyl sites for hydroxylation is 2. The quantitative estimate of drug-likeness (QED) is 0.854. The summed E-state index contributed by atoms with van der Waals surface area (Å²) in [5.74, 6) is 0.116. The number of nitrogens with zero attached hydrogens (tertiary/aromatic N) is 1. The van der Waals surface area contributed by atoms with Crippen molar-refractivity contribution in [2.75, 3.05) is 13.2 Å². The molecule has 0 bridgehead atoms. The highest BCUT2D eigenvalue weighted by Gasteiger charge is 2.30. The summed E-state index contributed by atoms with van der Waals surface area (Å²) >= 11 is 0. The van der Waals surface area contributed by atoms with Gasteiger partial charge in [0.05, 0.1) is 19.3 Å². The molecule has 1 aliphatic carbocycles. The Morgan fingerprint density at radius 1 is 1.30 bits per heavy atom. The van der Waals surface area contributed by atoms with Gasteiger partial charge in [0, 0.05) is 24.4 Å². The zero-order valence-corrected chi connectivity index (χ0v) is 15.1. The third-order valence-corrected chi connectivity index (χ3v) is 5.10. The van der Waals surface area contributed by atoms with Gasteiger partial charge in [0.1, 0.15) is 11.7 Å². The fourth-order valence-electron chi connectivity index (χ4n) is 3.66. The molecule has 1 fully saturated rings. The standard InChI is InChI=1S/C20H23N3O4/c24-19-14(11-13-5-1-2-6-15(13)22-19)20(25)23-16-12-26-10-8-17(16)27-18-7-3-4-9-21-18/h3-4,7,9,11,16-17H,1-2,5-6,8,10,12H2,(H,22,24)(H,23,25)/t16-,17-/m1/s1. The smallest absolute Gasteiger partial charge is 0.261 e. The van der Waals surface area contributed by atoms with Crippen molar-refractivity contribution in [2.24, 2.45) is 0 Å². The molecule has 7 heteroatoms. The van der Waals surface area contributed by atoms with E-state index in [1.54, 1.807) is 18.3 Å². The fraction of sp³-hybridized carbons (Fsp3) is 0.450. The number of carbonyl (C=O) groups excluding carboxylic acids is 1. The number of nitrogens with one attached hydrogen (secondary N) is 2. The van der Waals surface area contributed by atoms with Gasteiger partial charge in [-0.2, -0.15) is 0 Å². The van der Waals surface area contributed by atoms with Crippen LogP contribution in [0.2, 0.25) is 0 Å². The highest BCUT2D eigenvalue weighted by Crippen LogP contribution is 2.19. The lowest BCUT2D eigenvalue weighted by Gasteiger charge is -2.32. The average molecular weight is 369 g/mol. The molecule has 2 atom stereocenters. The third-order valence-electron chi connectivity index (χ3n) is 5.10. The number of pyridine rings is 2. The first-order valence-electron chi connectivity index (χ1n) is 9.42. The minimum Gasteiger partial charge on any atom is -0.472 e. The van der Waals surface area contributed by atoms with Crippen molar-refractivity contribution in [1.82, 2.24) is 15.3 Å². The lowest BCUT2D eigenvalue weighted by atomic mass is 9.95. The van der Waals surface area contributed by atoms with E-state index in [0.717, 1.165) is 36.9 Å². The van der Waals surface area contributed by atoms with Crippen LogP contribution in [0.25, 0.3) is 0 Å². The first kappa shape index (κ1) is 17.7. The number of aromatic amines is 1. The first-order chi connectivity index (χ1) is 13.2. The van der Waals surface area contributed by atoms with Crippen molar-refractivity contribution in [3.8, 4) is 5.88 Å². The van der Waals surface area contributed by atoms with Gasteiger partial charge < -0.3 is 19.8 Å². The van der Waals surface area contributed by atoms with E-state index in [1.165, 1.54) is 0 Å². The van der Waals surface area contributed by atoms with Crippen LogP contribution in [0.3, 0.4) is 0 Å². The molecule has 2 N–H and O–H groups in total. The monoisotopic (exact) mass is 369 g/mol. The molecule has 0 saturated carbocycles. The number of amides is 1. The van der Waals surface area contributed by atoms with Crippen molar-refractivity contribution in [2.45, 2.75) is 44.2 Å². The number of ether oxygens (including phenoxy) is 2. The van der Waals surface area contributed by atoms with Gasteiger partial charge in [0.2, 0.25) is 5.88 Å². The molecule has 7 nitrogen and oxygen atoms in total. The van der Waals surface area contributed by atoms with Crippen LogP contribution in [-0.4, -0.2) is 41.2 Å². The second kappa shape index (κ2) is 7.92. The molecule has 0 radical (unpaired) electrons. The highest BCUT2D eigenvalue weighted by atomic mass is 16.5. The van der Waals surface area contributed by atoms with E-state index >= 15 is 0 Å².